The number of nitrogens with zero attached hydrogens (tertiary/aromatic N) is 1. The molecule has 0 spiro atoms. The minimum Gasteiger partial charge on any atom is -0.314 e. The lowest BCUT2D eigenvalue weighted by Gasteiger charge is -2.30. The van der Waals surface area contributed by atoms with Gasteiger partial charge in [-0.15, -0.1) is 0 Å². The highest BCUT2D eigenvalue weighted by molar-refractivity contribution is 4.68. The van der Waals surface area contributed by atoms with Crippen LogP contribution in [-0.2, 0) is 0 Å². The lowest BCUT2D eigenvalue weighted by molar-refractivity contribution is 0.172. The van der Waals surface area contributed by atoms with Crippen LogP contribution in [-0.4, -0.2) is 36.1 Å². The molecule has 1 atom stereocenters. The molecule has 98 valence electrons. The minimum atomic E-state index is 0.660. The maximum atomic E-state index is 3.59. The van der Waals surface area contributed by atoms with Crippen molar-refractivity contribution in [2.24, 2.45) is 0 Å². The predicted molar refractivity (Wildman–Crippen MR) is 74.0 cm³/mol. The summed E-state index contributed by atoms with van der Waals surface area (Å²) in [4.78, 5) is 2.56. The molecule has 16 heavy (non-hydrogen) atoms. The maximum absolute atomic E-state index is 3.59. The summed E-state index contributed by atoms with van der Waals surface area (Å²) in [7, 11) is 0. The highest BCUT2D eigenvalue weighted by Gasteiger charge is 2.12. The van der Waals surface area contributed by atoms with Gasteiger partial charge in [-0.2, -0.15) is 0 Å². The SMILES string of the molecule is CCCC(C)NCCCN(C(C)C)C(C)C. The largest absolute Gasteiger partial charge is 0.314 e. The van der Waals surface area contributed by atoms with Gasteiger partial charge in [-0.1, -0.05) is 13.3 Å². The average Bonchev–Trinajstić information content (AvgIpc) is 2.16. The molecule has 2 heteroatoms. The molecule has 0 aromatic carbocycles. The van der Waals surface area contributed by atoms with E-state index in [0.29, 0.717) is 18.1 Å². The van der Waals surface area contributed by atoms with Crippen LogP contribution in [0.5, 0.6) is 0 Å². The van der Waals surface area contributed by atoms with Crippen molar-refractivity contribution >= 4 is 0 Å². The van der Waals surface area contributed by atoms with Gasteiger partial charge in [0.1, 0.15) is 0 Å². The zero-order chi connectivity index (χ0) is 12.6. The summed E-state index contributed by atoms with van der Waals surface area (Å²) in [6.07, 6.45) is 3.82. The van der Waals surface area contributed by atoms with Crippen LogP contribution in [0, 0.1) is 0 Å². The van der Waals surface area contributed by atoms with E-state index in [1.807, 2.05) is 0 Å². The molecule has 0 saturated heterocycles. The fourth-order valence-electron chi connectivity index (χ4n) is 2.26. The molecule has 1 unspecified atom stereocenters. The Hall–Kier alpha value is -0.0800. The molecule has 0 aromatic rings. The highest BCUT2D eigenvalue weighted by Crippen LogP contribution is 2.05. The first-order valence-corrected chi connectivity index (χ1v) is 6.98. The Bertz CT molecular complexity index is 147. The predicted octanol–water partition coefficient (Wildman–Crippen LogP) is 3.27. The number of hydrogen-bond acceptors (Lipinski definition) is 2. The minimum absolute atomic E-state index is 0.660. The van der Waals surface area contributed by atoms with Gasteiger partial charge in [0.2, 0.25) is 0 Å². The lowest BCUT2D eigenvalue weighted by atomic mass is 10.2. The van der Waals surface area contributed by atoms with E-state index in [2.05, 4.69) is 51.8 Å². The van der Waals surface area contributed by atoms with E-state index in [9.17, 15) is 0 Å². The topological polar surface area (TPSA) is 15.3 Å². The Balaban J connectivity index is 3.62. The Kier molecular flexibility index (Phi) is 8.96. The van der Waals surface area contributed by atoms with Gasteiger partial charge in [0.05, 0.1) is 0 Å². The number of rotatable bonds is 9. The van der Waals surface area contributed by atoms with Crippen LogP contribution in [0.15, 0.2) is 0 Å². The molecule has 0 saturated carbocycles. The summed E-state index contributed by atoms with van der Waals surface area (Å²) in [5.74, 6) is 0. The Labute approximate surface area is 103 Å². The van der Waals surface area contributed by atoms with Crippen LogP contribution in [0.3, 0.4) is 0 Å². The van der Waals surface area contributed by atoms with Gasteiger partial charge in [0.25, 0.3) is 0 Å². The molecular formula is C14H32N2. The molecule has 0 amide bonds. The van der Waals surface area contributed by atoms with Crippen LogP contribution >= 0.6 is 0 Å². The molecule has 1 N–H and O–H groups in total. The van der Waals surface area contributed by atoms with Crippen LogP contribution < -0.4 is 5.32 Å². The fourth-order valence-corrected chi connectivity index (χ4v) is 2.26. The van der Waals surface area contributed by atoms with E-state index in [-0.39, 0.29) is 0 Å². The van der Waals surface area contributed by atoms with Crippen molar-refractivity contribution in [3.63, 3.8) is 0 Å². The van der Waals surface area contributed by atoms with Gasteiger partial charge in [0.15, 0.2) is 0 Å². The first-order valence-electron chi connectivity index (χ1n) is 6.98. The van der Waals surface area contributed by atoms with Gasteiger partial charge < -0.3 is 5.32 Å². The van der Waals surface area contributed by atoms with Crippen LogP contribution in [0.1, 0.15) is 60.8 Å². The van der Waals surface area contributed by atoms with Crippen molar-refractivity contribution in [1.29, 1.82) is 0 Å². The van der Waals surface area contributed by atoms with E-state index in [1.165, 1.54) is 25.8 Å². The zero-order valence-corrected chi connectivity index (χ0v) is 12.2. The summed E-state index contributed by atoms with van der Waals surface area (Å²) in [5.41, 5.74) is 0. The summed E-state index contributed by atoms with van der Waals surface area (Å²) < 4.78 is 0. The maximum Gasteiger partial charge on any atom is 0.00413 e. The Morgan fingerprint density at radius 3 is 2.00 bits per heavy atom. The third-order valence-electron chi connectivity index (χ3n) is 3.13. The first kappa shape index (κ1) is 15.9. The van der Waals surface area contributed by atoms with Crippen LogP contribution in [0.4, 0.5) is 0 Å². The third-order valence-corrected chi connectivity index (χ3v) is 3.13. The van der Waals surface area contributed by atoms with Gasteiger partial charge in [-0.3, -0.25) is 4.90 Å². The monoisotopic (exact) mass is 228 g/mol. The van der Waals surface area contributed by atoms with Gasteiger partial charge in [-0.25, -0.2) is 0 Å². The molecule has 0 fully saturated rings. The molecule has 0 bridgehead atoms. The zero-order valence-electron chi connectivity index (χ0n) is 12.2. The number of nitrogens with one attached hydrogen (secondary N) is 1. The summed E-state index contributed by atoms with van der Waals surface area (Å²) in [6.45, 7) is 16.0. The van der Waals surface area contributed by atoms with Gasteiger partial charge in [0, 0.05) is 18.1 Å². The van der Waals surface area contributed by atoms with Crippen molar-refractivity contribution in [3.8, 4) is 0 Å². The van der Waals surface area contributed by atoms with Crippen LogP contribution in [0.25, 0.3) is 0 Å². The molecule has 0 aliphatic heterocycles. The summed E-state index contributed by atoms with van der Waals surface area (Å²) >= 11 is 0. The van der Waals surface area contributed by atoms with E-state index in [4.69, 9.17) is 0 Å². The first-order chi connectivity index (χ1) is 7.49. The molecule has 0 aliphatic rings. The summed E-state index contributed by atoms with van der Waals surface area (Å²) in [6, 6.07) is 2.00. The molecule has 0 aliphatic carbocycles. The van der Waals surface area contributed by atoms with E-state index in [1.54, 1.807) is 0 Å². The highest BCUT2D eigenvalue weighted by atomic mass is 15.2. The molecule has 0 radical (unpaired) electrons. The molecule has 0 aromatic heterocycles. The third kappa shape index (κ3) is 7.24. The smallest absolute Gasteiger partial charge is 0.00413 e. The van der Waals surface area contributed by atoms with E-state index >= 15 is 0 Å². The summed E-state index contributed by atoms with van der Waals surface area (Å²) in [5, 5.41) is 3.59. The Morgan fingerprint density at radius 1 is 1.00 bits per heavy atom. The van der Waals surface area contributed by atoms with Gasteiger partial charge >= 0.3 is 0 Å². The van der Waals surface area contributed by atoms with Crippen molar-refractivity contribution < 1.29 is 0 Å². The number of hydrogen-bond donors (Lipinski definition) is 1. The van der Waals surface area contributed by atoms with E-state index in [0.717, 1.165) is 6.54 Å². The van der Waals surface area contributed by atoms with Crippen molar-refractivity contribution in [2.75, 3.05) is 13.1 Å². The second-order valence-corrected chi connectivity index (χ2v) is 5.42. The Morgan fingerprint density at radius 2 is 1.56 bits per heavy atom. The van der Waals surface area contributed by atoms with Crippen molar-refractivity contribution in [1.82, 2.24) is 10.2 Å². The van der Waals surface area contributed by atoms with E-state index < -0.39 is 0 Å². The molecule has 0 heterocycles. The average molecular weight is 228 g/mol. The van der Waals surface area contributed by atoms with Crippen molar-refractivity contribution in [3.05, 3.63) is 0 Å². The quantitative estimate of drug-likeness (QED) is 0.609. The normalized spacial score (nSPS) is 14.1. The van der Waals surface area contributed by atoms with Crippen molar-refractivity contribution in [2.45, 2.75) is 78.9 Å². The standard InChI is InChI=1S/C14H32N2/c1-7-9-14(6)15-10-8-11-16(12(2)3)13(4)5/h12-15H,7-11H2,1-6H3. The second kappa shape index (κ2) is 9.00. The fraction of sp³-hybridized carbons (Fsp3) is 1.00. The molecule has 0 rings (SSSR count). The molecular weight excluding hydrogens is 196 g/mol. The van der Waals surface area contributed by atoms with Gasteiger partial charge in [-0.05, 0) is 60.5 Å². The van der Waals surface area contributed by atoms with Crippen LogP contribution in [0.2, 0.25) is 0 Å². The lowest BCUT2D eigenvalue weighted by Crippen LogP contribution is -2.39. The second-order valence-electron chi connectivity index (χ2n) is 5.42. The molecule has 2 nitrogen and oxygen atoms in total.